The molecule has 0 radical (unpaired) electrons. The SMILES string of the molecule is COc1cccc(N2CCN(C(=O)c3cc(NC(C)=O)cc4nc(C)n(Cc5ccccc5)c34)CC2)c1. The van der Waals surface area contributed by atoms with Crippen LogP contribution in [0.2, 0.25) is 0 Å². The molecule has 0 aliphatic carbocycles. The summed E-state index contributed by atoms with van der Waals surface area (Å²) in [5, 5.41) is 2.83. The number of fused-ring (bicyclic) bond motifs is 1. The van der Waals surface area contributed by atoms with Crippen LogP contribution in [0, 0.1) is 6.92 Å². The molecule has 5 rings (SSSR count). The Labute approximate surface area is 216 Å². The maximum atomic E-state index is 13.9. The van der Waals surface area contributed by atoms with E-state index in [4.69, 9.17) is 9.72 Å². The van der Waals surface area contributed by atoms with Crippen molar-refractivity contribution in [3.63, 3.8) is 0 Å². The van der Waals surface area contributed by atoms with Crippen molar-refractivity contribution < 1.29 is 14.3 Å². The van der Waals surface area contributed by atoms with Gasteiger partial charge in [0.15, 0.2) is 0 Å². The number of rotatable bonds is 6. The highest BCUT2D eigenvalue weighted by Crippen LogP contribution is 2.28. The highest BCUT2D eigenvalue weighted by atomic mass is 16.5. The topological polar surface area (TPSA) is 79.7 Å². The van der Waals surface area contributed by atoms with E-state index in [1.807, 2.05) is 54.3 Å². The molecule has 0 bridgehead atoms. The van der Waals surface area contributed by atoms with Crippen LogP contribution in [0.5, 0.6) is 5.75 Å². The van der Waals surface area contributed by atoms with Crippen molar-refractivity contribution in [1.29, 1.82) is 0 Å². The number of carbonyl (C=O) groups is 2. The van der Waals surface area contributed by atoms with E-state index in [0.717, 1.165) is 41.4 Å². The van der Waals surface area contributed by atoms with Gasteiger partial charge in [0.1, 0.15) is 11.6 Å². The van der Waals surface area contributed by atoms with E-state index in [1.54, 1.807) is 13.2 Å². The Hall–Kier alpha value is -4.33. The number of methoxy groups -OCH3 is 1. The number of anilines is 2. The van der Waals surface area contributed by atoms with Gasteiger partial charge in [-0.1, -0.05) is 36.4 Å². The molecule has 1 aliphatic heterocycles. The van der Waals surface area contributed by atoms with E-state index in [2.05, 4.69) is 33.0 Å². The number of aryl methyl sites for hydroxylation is 1. The van der Waals surface area contributed by atoms with Gasteiger partial charge in [-0.2, -0.15) is 0 Å². The van der Waals surface area contributed by atoms with Crippen molar-refractivity contribution in [2.45, 2.75) is 20.4 Å². The van der Waals surface area contributed by atoms with Crippen molar-refractivity contribution in [2.24, 2.45) is 0 Å². The van der Waals surface area contributed by atoms with Crippen molar-refractivity contribution >= 4 is 34.2 Å². The van der Waals surface area contributed by atoms with Crippen LogP contribution in [0.4, 0.5) is 11.4 Å². The second-order valence-electron chi connectivity index (χ2n) is 9.28. The van der Waals surface area contributed by atoms with Crippen LogP contribution in [-0.2, 0) is 11.3 Å². The minimum atomic E-state index is -0.190. The Bertz CT molecular complexity index is 1440. The van der Waals surface area contributed by atoms with E-state index in [1.165, 1.54) is 6.92 Å². The van der Waals surface area contributed by atoms with Gasteiger partial charge in [0.05, 0.1) is 23.7 Å². The molecule has 1 aliphatic rings. The van der Waals surface area contributed by atoms with Gasteiger partial charge in [-0.15, -0.1) is 0 Å². The molecule has 37 heavy (non-hydrogen) atoms. The van der Waals surface area contributed by atoms with Crippen LogP contribution < -0.4 is 15.0 Å². The maximum absolute atomic E-state index is 13.9. The number of carbonyl (C=O) groups excluding carboxylic acids is 2. The summed E-state index contributed by atoms with van der Waals surface area (Å²) in [6.45, 7) is 6.63. The van der Waals surface area contributed by atoms with E-state index in [9.17, 15) is 9.59 Å². The molecule has 2 amide bonds. The molecule has 3 aromatic carbocycles. The number of piperazine rings is 1. The molecule has 0 unspecified atom stereocenters. The second kappa shape index (κ2) is 10.3. The fourth-order valence-electron chi connectivity index (χ4n) is 4.93. The average molecular weight is 498 g/mol. The Morgan fingerprint density at radius 1 is 0.973 bits per heavy atom. The number of nitrogens with zero attached hydrogens (tertiary/aromatic N) is 4. The molecule has 2 heterocycles. The highest BCUT2D eigenvalue weighted by Gasteiger charge is 2.26. The summed E-state index contributed by atoms with van der Waals surface area (Å²) >= 11 is 0. The lowest BCUT2D eigenvalue weighted by molar-refractivity contribution is -0.114. The van der Waals surface area contributed by atoms with Gasteiger partial charge >= 0.3 is 0 Å². The summed E-state index contributed by atoms with van der Waals surface area (Å²) in [6.07, 6.45) is 0. The standard InChI is InChI=1S/C29H31N5O3/c1-20-30-27-17-23(31-21(2)35)16-26(28(27)34(20)19-22-8-5-4-6-9-22)29(36)33-14-12-32(13-15-33)24-10-7-11-25(18-24)37-3/h4-11,16-18H,12-15,19H2,1-3H3,(H,31,35). The molecule has 4 aromatic rings. The zero-order chi connectivity index (χ0) is 25.9. The largest absolute Gasteiger partial charge is 0.497 e. The summed E-state index contributed by atoms with van der Waals surface area (Å²) < 4.78 is 7.45. The number of ether oxygens (including phenoxy) is 1. The summed E-state index contributed by atoms with van der Waals surface area (Å²) in [5.74, 6) is 1.38. The van der Waals surface area contributed by atoms with Gasteiger partial charge in [-0.3, -0.25) is 9.59 Å². The highest BCUT2D eigenvalue weighted by molar-refractivity contribution is 6.07. The third-order valence-corrected chi connectivity index (χ3v) is 6.75. The zero-order valence-corrected chi connectivity index (χ0v) is 21.4. The average Bonchev–Trinajstić information content (AvgIpc) is 3.22. The molecule has 1 N–H and O–H groups in total. The minimum absolute atomic E-state index is 0.0586. The van der Waals surface area contributed by atoms with Gasteiger partial charge in [0.2, 0.25) is 5.91 Å². The van der Waals surface area contributed by atoms with Crippen LogP contribution >= 0.6 is 0 Å². The van der Waals surface area contributed by atoms with Crippen LogP contribution in [0.25, 0.3) is 11.0 Å². The predicted molar refractivity (Wildman–Crippen MR) is 145 cm³/mol. The molecular weight excluding hydrogens is 466 g/mol. The van der Waals surface area contributed by atoms with Crippen LogP contribution in [0.3, 0.4) is 0 Å². The van der Waals surface area contributed by atoms with Gasteiger partial charge < -0.3 is 24.4 Å². The fraction of sp³-hybridized carbons (Fsp3) is 0.276. The Morgan fingerprint density at radius 3 is 2.43 bits per heavy atom. The minimum Gasteiger partial charge on any atom is -0.497 e. The third kappa shape index (κ3) is 5.14. The molecule has 1 fully saturated rings. The number of amides is 2. The van der Waals surface area contributed by atoms with Gasteiger partial charge in [0, 0.05) is 57.1 Å². The predicted octanol–water partition coefficient (Wildman–Crippen LogP) is 4.32. The number of aromatic nitrogens is 2. The first-order valence-electron chi connectivity index (χ1n) is 12.4. The first-order valence-corrected chi connectivity index (χ1v) is 12.4. The number of hydrogen-bond donors (Lipinski definition) is 1. The zero-order valence-electron chi connectivity index (χ0n) is 21.4. The van der Waals surface area contributed by atoms with Crippen molar-refractivity contribution in [3.8, 4) is 5.75 Å². The lowest BCUT2D eigenvalue weighted by Crippen LogP contribution is -2.48. The summed E-state index contributed by atoms with van der Waals surface area (Å²) in [6, 6.07) is 21.7. The molecule has 0 spiro atoms. The van der Waals surface area contributed by atoms with E-state index >= 15 is 0 Å². The second-order valence-corrected chi connectivity index (χ2v) is 9.28. The number of hydrogen-bond acceptors (Lipinski definition) is 5. The van der Waals surface area contributed by atoms with Crippen LogP contribution in [0.15, 0.2) is 66.7 Å². The number of imidazole rings is 1. The van der Waals surface area contributed by atoms with Crippen LogP contribution in [0.1, 0.15) is 28.7 Å². The van der Waals surface area contributed by atoms with Crippen molar-refractivity contribution in [1.82, 2.24) is 14.5 Å². The first kappa shape index (κ1) is 24.4. The quantitative estimate of drug-likeness (QED) is 0.429. The molecule has 1 aromatic heterocycles. The Kier molecular flexibility index (Phi) is 6.81. The molecule has 8 nitrogen and oxygen atoms in total. The van der Waals surface area contributed by atoms with E-state index < -0.39 is 0 Å². The molecule has 8 heteroatoms. The monoisotopic (exact) mass is 497 g/mol. The molecule has 1 saturated heterocycles. The normalized spacial score (nSPS) is 13.6. The summed E-state index contributed by atoms with van der Waals surface area (Å²) in [5.41, 5.74) is 4.81. The van der Waals surface area contributed by atoms with Crippen molar-refractivity contribution in [3.05, 3.63) is 83.7 Å². The summed E-state index contributed by atoms with van der Waals surface area (Å²) in [4.78, 5) is 34.7. The van der Waals surface area contributed by atoms with Gasteiger partial charge in [-0.25, -0.2) is 4.98 Å². The van der Waals surface area contributed by atoms with E-state index in [-0.39, 0.29) is 11.8 Å². The lowest BCUT2D eigenvalue weighted by atomic mass is 10.1. The third-order valence-electron chi connectivity index (χ3n) is 6.75. The molecule has 0 atom stereocenters. The summed E-state index contributed by atoms with van der Waals surface area (Å²) in [7, 11) is 1.66. The lowest BCUT2D eigenvalue weighted by Gasteiger charge is -2.36. The Morgan fingerprint density at radius 2 is 1.73 bits per heavy atom. The first-order chi connectivity index (χ1) is 17.9. The number of benzene rings is 3. The van der Waals surface area contributed by atoms with Crippen molar-refractivity contribution in [2.75, 3.05) is 43.5 Å². The fourth-order valence-corrected chi connectivity index (χ4v) is 4.93. The smallest absolute Gasteiger partial charge is 0.256 e. The van der Waals surface area contributed by atoms with Crippen LogP contribution in [-0.4, -0.2) is 59.6 Å². The van der Waals surface area contributed by atoms with Gasteiger partial charge in [-0.05, 0) is 36.8 Å². The maximum Gasteiger partial charge on any atom is 0.256 e. The molecular formula is C29H31N5O3. The molecule has 190 valence electrons. The Balaban J connectivity index is 1.46. The van der Waals surface area contributed by atoms with E-state index in [0.29, 0.717) is 36.4 Å². The number of nitrogens with one attached hydrogen (secondary N) is 1. The van der Waals surface area contributed by atoms with Gasteiger partial charge in [0.25, 0.3) is 5.91 Å². The molecule has 0 saturated carbocycles.